The minimum Gasteiger partial charge on any atom is -0.396 e. The minimum atomic E-state index is -1.44. The Hall–Kier alpha value is -0.0462. The van der Waals surface area contributed by atoms with Gasteiger partial charge in [0.2, 0.25) is 0 Å². The van der Waals surface area contributed by atoms with Crippen molar-refractivity contribution in [2.45, 2.75) is 96.4 Å². The molecule has 0 aromatic heterocycles. The van der Waals surface area contributed by atoms with Gasteiger partial charge >= 0.3 is 0 Å². The van der Waals surface area contributed by atoms with Crippen LogP contribution in [0, 0.1) is 11.5 Å². The van der Waals surface area contributed by atoms with E-state index < -0.39 is 16.1 Å². The molecule has 0 aliphatic carbocycles. The summed E-state index contributed by atoms with van der Waals surface area (Å²) < 4.78 is 0. The van der Waals surface area contributed by atoms with Crippen LogP contribution in [0.1, 0.15) is 54.4 Å². The second-order valence-electron chi connectivity index (χ2n) is 6.12. The van der Waals surface area contributed by atoms with Gasteiger partial charge in [0.25, 0.3) is 0 Å². The number of rotatable bonds is 9. The molecule has 1 N–H and O–H groups in total. The van der Waals surface area contributed by atoms with Crippen LogP contribution < -0.4 is 0 Å². The largest absolute Gasteiger partial charge is 0.396 e. The average Bonchev–Trinajstić information content (AvgIpc) is 2.50. The Bertz CT molecular complexity index is 292. The summed E-state index contributed by atoms with van der Waals surface area (Å²) in [5, 5.41) is 10.6. The number of hydrogen-bond acceptors (Lipinski definition) is 1. The monoisotopic (exact) mass is 312 g/mol. The van der Waals surface area contributed by atoms with Crippen LogP contribution in [0.4, 0.5) is 0 Å². The summed E-state index contributed by atoms with van der Waals surface area (Å²) in [6.45, 7) is 13.7. The summed E-state index contributed by atoms with van der Waals surface area (Å²) in [5.41, 5.74) is 3.58. The SMILES string of the molecule is CC[Si](C#CCCC(O)[Si](CC)(CC)CC)(CC)CC. The molecule has 1 atom stereocenters. The van der Waals surface area contributed by atoms with Crippen molar-refractivity contribution < 1.29 is 5.11 Å². The van der Waals surface area contributed by atoms with Gasteiger partial charge in [0.15, 0.2) is 0 Å². The van der Waals surface area contributed by atoms with E-state index in [1.165, 1.54) is 36.3 Å². The zero-order valence-corrected chi connectivity index (χ0v) is 16.7. The number of aliphatic hydroxyl groups excluding tert-OH is 1. The van der Waals surface area contributed by atoms with Gasteiger partial charge in [-0.25, -0.2) is 0 Å². The van der Waals surface area contributed by atoms with Crippen molar-refractivity contribution in [3.8, 4) is 11.5 Å². The highest BCUT2D eigenvalue weighted by molar-refractivity contribution is 6.87. The first-order valence-corrected chi connectivity index (χ1v) is 14.0. The van der Waals surface area contributed by atoms with Gasteiger partial charge in [-0.2, -0.15) is 0 Å². The summed E-state index contributed by atoms with van der Waals surface area (Å²) in [6.07, 6.45) is 1.79. The van der Waals surface area contributed by atoms with Gasteiger partial charge < -0.3 is 5.11 Å². The molecule has 20 heavy (non-hydrogen) atoms. The van der Waals surface area contributed by atoms with Crippen LogP contribution in [0.15, 0.2) is 0 Å². The minimum absolute atomic E-state index is 0.0576. The van der Waals surface area contributed by atoms with Crippen molar-refractivity contribution >= 4 is 16.1 Å². The molecule has 0 saturated carbocycles. The van der Waals surface area contributed by atoms with Crippen molar-refractivity contribution in [2.24, 2.45) is 0 Å². The lowest BCUT2D eigenvalue weighted by Crippen LogP contribution is -2.45. The molecule has 0 saturated heterocycles. The molecule has 0 bridgehead atoms. The second-order valence-corrected chi connectivity index (χ2v) is 16.6. The predicted octanol–water partition coefficient (Wildman–Crippen LogP) is 5.23. The Morgan fingerprint density at radius 3 is 1.60 bits per heavy atom. The Labute approximate surface area is 129 Å². The van der Waals surface area contributed by atoms with Crippen molar-refractivity contribution in [1.29, 1.82) is 0 Å². The second kappa shape index (κ2) is 9.81. The van der Waals surface area contributed by atoms with Gasteiger partial charge in [0.1, 0.15) is 8.07 Å². The lowest BCUT2D eigenvalue weighted by molar-refractivity contribution is 0.232. The summed E-state index contributed by atoms with van der Waals surface area (Å²) >= 11 is 0. The van der Waals surface area contributed by atoms with Crippen molar-refractivity contribution in [3.05, 3.63) is 0 Å². The number of hydrogen-bond donors (Lipinski definition) is 1. The maximum Gasteiger partial charge on any atom is 0.137 e. The maximum absolute atomic E-state index is 10.6. The van der Waals surface area contributed by atoms with Crippen LogP contribution in [0.5, 0.6) is 0 Å². The Morgan fingerprint density at radius 2 is 1.25 bits per heavy atom. The molecule has 3 heteroatoms. The van der Waals surface area contributed by atoms with Crippen LogP contribution in [0.25, 0.3) is 0 Å². The van der Waals surface area contributed by atoms with Gasteiger partial charge in [0, 0.05) is 12.1 Å². The maximum atomic E-state index is 10.6. The van der Waals surface area contributed by atoms with Crippen LogP contribution in [0.2, 0.25) is 36.3 Å². The van der Waals surface area contributed by atoms with Gasteiger partial charge in [-0.3, -0.25) is 0 Å². The van der Waals surface area contributed by atoms with Gasteiger partial charge in [-0.1, -0.05) is 59.7 Å². The zero-order valence-electron chi connectivity index (χ0n) is 14.7. The van der Waals surface area contributed by atoms with Crippen LogP contribution in [-0.4, -0.2) is 27.0 Å². The van der Waals surface area contributed by atoms with E-state index in [1.807, 2.05) is 0 Å². The Balaban J connectivity index is 4.58. The topological polar surface area (TPSA) is 20.2 Å². The van der Waals surface area contributed by atoms with Crippen molar-refractivity contribution in [2.75, 3.05) is 0 Å². The molecule has 0 amide bonds. The Kier molecular flexibility index (Phi) is 9.79. The molecule has 0 heterocycles. The molecule has 0 spiro atoms. The molecular weight excluding hydrogens is 276 g/mol. The highest BCUT2D eigenvalue weighted by Crippen LogP contribution is 2.26. The summed E-state index contributed by atoms with van der Waals surface area (Å²) in [7, 11) is -2.73. The third-order valence-corrected chi connectivity index (χ3v) is 16.4. The third-order valence-electron chi connectivity index (χ3n) is 5.75. The fourth-order valence-electron chi connectivity index (χ4n) is 3.24. The molecule has 1 nitrogen and oxygen atoms in total. The predicted molar refractivity (Wildman–Crippen MR) is 97.4 cm³/mol. The van der Waals surface area contributed by atoms with E-state index in [0.717, 1.165) is 12.8 Å². The standard InChI is InChI=1S/C17H36OSi2/c1-7-19(8-2,9-3)16-14-13-15-17(18)20(10-4,11-5)12-6/h17-18H,7-13,15H2,1-6H3. The first kappa shape index (κ1) is 20.0. The van der Waals surface area contributed by atoms with Crippen LogP contribution >= 0.6 is 0 Å². The van der Waals surface area contributed by atoms with Gasteiger partial charge in [-0.15, -0.1) is 11.5 Å². The van der Waals surface area contributed by atoms with E-state index >= 15 is 0 Å². The zero-order chi connectivity index (χ0) is 15.6. The molecular formula is C17H36OSi2. The molecule has 118 valence electrons. The molecule has 0 aromatic rings. The molecule has 1 unspecified atom stereocenters. The van der Waals surface area contributed by atoms with Crippen LogP contribution in [0.3, 0.4) is 0 Å². The normalized spacial score (nSPS) is 13.8. The van der Waals surface area contributed by atoms with Gasteiger partial charge in [0.05, 0.1) is 8.07 Å². The average molecular weight is 313 g/mol. The molecule has 0 fully saturated rings. The Morgan fingerprint density at radius 1 is 0.800 bits per heavy atom. The molecule has 0 radical (unpaired) electrons. The van der Waals surface area contributed by atoms with E-state index in [1.54, 1.807) is 0 Å². The van der Waals surface area contributed by atoms with Crippen molar-refractivity contribution in [3.63, 3.8) is 0 Å². The first-order chi connectivity index (χ1) is 9.49. The molecule has 0 aromatic carbocycles. The summed E-state index contributed by atoms with van der Waals surface area (Å²) in [4.78, 5) is 0. The fraction of sp³-hybridized carbons (Fsp3) is 0.882. The molecule has 0 rings (SSSR count). The number of aliphatic hydroxyl groups is 1. The fourth-order valence-corrected chi connectivity index (χ4v) is 9.44. The van der Waals surface area contributed by atoms with E-state index in [-0.39, 0.29) is 5.73 Å². The molecule has 0 aliphatic heterocycles. The highest BCUT2D eigenvalue weighted by atomic mass is 28.3. The van der Waals surface area contributed by atoms with Crippen molar-refractivity contribution in [1.82, 2.24) is 0 Å². The lowest BCUT2D eigenvalue weighted by Gasteiger charge is -2.33. The summed E-state index contributed by atoms with van der Waals surface area (Å²) in [6, 6.07) is 7.41. The molecule has 0 aliphatic rings. The summed E-state index contributed by atoms with van der Waals surface area (Å²) in [5.74, 6) is 3.43. The lowest BCUT2D eigenvalue weighted by atomic mass is 10.3. The smallest absolute Gasteiger partial charge is 0.137 e. The van der Waals surface area contributed by atoms with E-state index in [0.29, 0.717) is 0 Å². The highest BCUT2D eigenvalue weighted by Gasteiger charge is 2.34. The van der Waals surface area contributed by atoms with Crippen LogP contribution in [-0.2, 0) is 0 Å². The van der Waals surface area contributed by atoms with E-state index in [9.17, 15) is 5.11 Å². The first-order valence-electron chi connectivity index (χ1n) is 8.67. The third kappa shape index (κ3) is 5.05. The quantitative estimate of drug-likeness (QED) is 0.457. The van der Waals surface area contributed by atoms with Gasteiger partial charge in [-0.05, 0) is 24.6 Å². The van der Waals surface area contributed by atoms with E-state index in [4.69, 9.17) is 0 Å². The van der Waals surface area contributed by atoms with E-state index in [2.05, 4.69) is 53.0 Å².